The van der Waals surface area contributed by atoms with Gasteiger partial charge in [-0.25, -0.2) is 9.78 Å². The van der Waals surface area contributed by atoms with Crippen LogP contribution in [0.4, 0.5) is 10.8 Å². The second-order valence-electron chi connectivity index (χ2n) is 8.19. The molecule has 9 nitrogen and oxygen atoms in total. The van der Waals surface area contributed by atoms with Crippen molar-refractivity contribution in [2.24, 2.45) is 0 Å². The molecular formula is C25H23N3O6S. The second kappa shape index (κ2) is 9.85. The van der Waals surface area contributed by atoms with Crippen molar-refractivity contribution in [3.8, 4) is 5.75 Å². The van der Waals surface area contributed by atoms with E-state index in [0.29, 0.717) is 23.0 Å². The number of ether oxygens (including phenoxy) is 3. The van der Waals surface area contributed by atoms with Crippen LogP contribution in [0.25, 0.3) is 0 Å². The van der Waals surface area contributed by atoms with Crippen LogP contribution in [0.1, 0.15) is 49.6 Å². The van der Waals surface area contributed by atoms with Crippen LogP contribution in [0.5, 0.6) is 5.75 Å². The highest BCUT2D eigenvalue weighted by Crippen LogP contribution is 2.27. The van der Waals surface area contributed by atoms with Crippen molar-refractivity contribution in [3.63, 3.8) is 0 Å². The first-order valence-electron chi connectivity index (χ1n) is 11.2. The van der Waals surface area contributed by atoms with Crippen LogP contribution in [0.3, 0.4) is 0 Å². The van der Waals surface area contributed by atoms with Gasteiger partial charge < -0.3 is 19.5 Å². The van der Waals surface area contributed by atoms with Gasteiger partial charge in [0.05, 0.1) is 42.1 Å². The maximum Gasteiger partial charge on any atom is 0.338 e. The Morgan fingerprint density at radius 2 is 1.97 bits per heavy atom. The van der Waals surface area contributed by atoms with E-state index in [4.69, 9.17) is 14.2 Å². The van der Waals surface area contributed by atoms with Crippen molar-refractivity contribution in [3.05, 3.63) is 70.2 Å². The SMILES string of the molecule is COc1ccc(Nc2nc(COC(=O)c3ccc4c(c3)C(=O)N(C[C@@H]3CCCO3)C4=O)cs2)cc1. The summed E-state index contributed by atoms with van der Waals surface area (Å²) in [6.07, 6.45) is 1.60. The van der Waals surface area contributed by atoms with E-state index in [1.54, 1.807) is 12.5 Å². The fourth-order valence-corrected chi connectivity index (χ4v) is 4.74. The number of nitrogens with zero attached hydrogens (tertiary/aromatic N) is 2. The van der Waals surface area contributed by atoms with E-state index in [-0.39, 0.29) is 36.3 Å². The number of anilines is 2. The zero-order chi connectivity index (χ0) is 24.4. The largest absolute Gasteiger partial charge is 0.497 e. The quantitative estimate of drug-likeness (QED) is 0.370. The van der Waals surface area contributed by atoms with Gasteiger partial charge in [0.15, 0.2) is 5.13 Å². The molecule has 0 bridgehead atoms. The highest BCUT2D eigenvalue weighted by Gasteiger charge is 2.38. The van der Waals surface area contributed by atoms with Gasteiger partial charge in [0.1, 0.15) is 12.4 Å². The average Bonchev–Trinajstić information content (AvgIpc) is 3.61. The van der Waals surface area contributed by atoms with Crippen LogP contribution in [-0.4, -0.2) is 54.0 Å². The molecule has 0 saturated carbocycles. The van der Waals surface area contributed by atoms with Gasteiger partial charge in [-0.15, -0.1) is 11.3 Å². The Morgan fingerprint density at radius 3 is 2.71 bits per heavy atom. The Morgan fingerprint density at radius 1 is 1.17 bits per heavy atom. The van der Waals surface area contributed by atoms with Crippen molar-refractivity contribution < 1.29 is 28.6 Å². The minimum absolute atomic E-state index is 0.0191. The molecular weight excluding hydrogens is 470 g/mol. The van der Waals surface area contributed by atoms with Crippen LogP contribution in [0.15, 0.2) is 47.8 Å². The van der Waals surface area contributed by atoms with Gasteiger partial charge in [-0.2, -0.15) is 0 Å². The first kappa shape index (κ1) is 23.0. The Labute approximate surface area is 205 Å². The van der Waals surface area contributed by atoms with Gasteiger partial charge >= 0.3 is 5.97 Å². The molecule has 2 aliphatic rings. The van der Waals surface area contributed by atoms with Crippen LogP contribution in [-0.2, 0) is 16.1 Å². The third-order valence-corrected chi connectivity index (χ3v) is 6.67. The number of aromatic nitrogens is 1. The fraction of sp³-hybridized carbons (Fsp3) is 0.280. The predicted molar refractivity (Wildman–Crippen MR) is 128 cm³/mol. The highest BCUT2D eigenvalue weighted by atomic mass is 32.1. The fourth-order valence-electron chi connectivity index (χ4n) is 4.03. The summed E-state index contributed by atoms with van der Waals surface area (Å²) in [5, 5.41) is 5.65. The van der Waals surface area contributed by atoms with Gasteiger partial charge in [0.2, 0.25) is 0 Å². The van der Waals surface area contributed by atoms with Crippen molar-refractivity contribution in [2.45, 2.75) is 25.6 Å². The number of carbonyl (C=O) groups is 3. The summed E-state index contributed by atoms with van der Waals surface area (Å²) in [4.78, 5) is 43.7. The van der Waals surface area contributed by atoms with E-state index in [2.05, 4.69) is 10.3 Å². The Balaban J connectivity index is 1.19. The van der Waals surface area contributed by atoms with E-state index in [0.717, 1.165) is 24.3 Å². The maximum absolute atomic E-state index is 12.8. The number of rotatable bonds is 8. The number of thiazole rings is 1. The summed E-state index contributed by atoms with van der Waals surface area (Å²) >= 11 is 1.39. The van der Waals surface area contributed by atoms with Gasteiger partial charge in [-0.1, -0.05) is 0 Å². The Hall–Kier alpha value is -3.76. The molecule has 0 spiro atoms. The zero-order valence-electron chi connectivity index (χ0n) is 19.0. The van der Waals surface area contributed by atoms with Crippen LogP contribution in [0, 0.1) is 0 Å². The summed E-state index contributed by atoms with van der Waals surface area (Å²) in [6, 6.07) is 11.9. The van der Waals surface area contributed by atoms with Crippen LogP contribution in [0.2, 0.25) is 0 Å². The Kier molecular flexibility index (Phi) is 6.47. The van der Waals surface area contributed by atoms with Crippen molar-refractivity contribution in [1.82, 2.24) is 9.88 Å². The van der Waals surface area contributed by atoms with Gasteiger partial charge in [0, 0.05) is 17.7 Å². The number of methoxy groups -OCH3 is 1. The molecule has 180 valence electrons. The lowest BCUT2D eigenvalue weighted by Gasteiger charge is -2.17. The molecule has 0 aliphatic carbocycles. The van der Waals surface area contributed by atoms with Crippen molar-refractivity contribution >= 4 is 39.9 Å². The number of amides is 2. The summed E-state index contributed by atoms with van der Waals surface area (Å²) < 4.78 is 16.1. The lowest BCUT2D eigenvalue weighted by molar-refractivity contribution is 0.0466. The third-order valence-electron chi connectivity index (χ3n) is 5.86. The van der Waals surface area contributed by atoms with Crippen LogP contribution < -0.4 is 10.1 Å². The number of hydrogen-bond donors (Lipinski definition) is 1. The van der Waals surface area contributed by atoms with Gasteiger partial charge in [0.25, 0.3) is 11.8 Å². The molecule has 2 amide bonds. The molecule has 5 rings (SSSR count). The number of imide groups is 1. The normalized spacial score (nSPS) is 16.9. The molecule has 0 unspecified atom stereocenters. The smallest absolute Gasteiger partial charge is 0.338 e. The van der Waals surface area contributed by atoms with Gasteiger partial charge in [-0.05, 0) is 55.3 Å². The number of benzene rings is 2. The minimum atomic E-state index is -0.594. The molecule has 2 aliphatic heterocycles. The van der Waals surface area contributed by atoms with E-state index >= 15 is 0 Å². The molecule has 1 N–H and O–H groups in total. The monoisotopic (exact) mass is 493 g/mol. The summed E-state index contributed by atoms with van der Waals surface area (Å²) in [5.41, 5.74) is 2.15. The Bertz CT molecular complexity index is 1270. The average molecular weight is 494 g/mol. The summed E-state index contributed by atoms with van der Waals surface area (Å²) in [7, 11) is 1.61. The predicted octanol–water partition coefficient (Wildman–Crippen LogP) is 4.03. The first-order valence-corrected chi connectivity index (χ1v) is 12.0. The number of fused-ring (bicyclic) bond motifs is 1. The summed E-state index contributed by atoms with van der Waals surface area (Å²) in [6.45, 7) is 0.847. The number of nitrogens with one attached hydrogen (secondary N) is 1. The third kappa shape index (κ3) is 4.89. The lowest BCUT2D eigenvalue weighted by Crippen LogP contribution is -2.36. The molecule has 3 heterocycles. The van der Waals surface area contributed by atoms with Crippen LogP contribution >= 0.6 is 11.3 Å². The topological polar surface area (TPSA) is 107 Å². The molecule has 0 radical (unpaired) electrons. The van der Waals surface area contributed by atoms with E-state index in [1.807, 2.05) is 24.3 Å². The second-order valence-corrected chi connectivity index (χ2v) is 9.05. The molecule has 10 heteroatoms. The summed E-state index contributed by atoms with van der Waals surface area (Å²) in [5.74, 6) is -0.609. The van der Waals surface area contributed by atoms with Crippen molar-refractivity contribution in [1.29, 1.82) is 0 Å². The first-order chi connectivity index (χ1) is 17.0. The maximum atomic E-state index is 12.8. The van der Waals surface area contributed by atoms with Crippen molar-refractivity contribution in [2.75, 3.05) is 25.6 Å². The highest BCUT2D eigenvalue weighted by molar-refractivity contribution is 7.13. The van der Waals surface area contributed by atoms with E-state index < -0.39 is 11.9 Å². The molecule has 1 fully saturated rings. The molecule has 2 aromatic carbocycles. The zero-order valence-corrected chi connectivity index (χ0v) is 19.8. The standard InChI is InChI=1S/C25H23N3O6S/c1-32-18-7-5-16(6-8-18)26-25-27-17(14-35-25)13-34-24(31)15-4-9-20-21(11-15)23(30)28(22(20)29)12-19-3-2-10-33-19/h4-9,11,14,19H,2-3,10,12-13H2,1H3,(H,26,27)/t19-/m0/s1. The van der Waals surface area contributed by atoms with Gasteiger partial charge in [-0.3, -0.25) is 14.5 Å². The minimum Gasteiger partial charge on any atom is -0.497 e. The number of esters is 1. The molecule has 1 aromatic heterocycles. The lowest BCUT2D eigenvalue weighted by atomic mass is 10.1. The molecule has 1 saturated heterocycles. The molecule has 1 atom stereocenters. The van der Waals surface area contributed by atoms with E-state index in [1.165, 1.54) is 34.4 Å². The number of carbonyl (C=O) groups excluding carboxylic acids is 3. The van der Waals surface area contributed by atoms with E-state index in [9.17, 15) is 14.4 Å². The molecule has 35 heavy (non-hydrogen) atoms. The molecule has 3 aromatic rings. The number of hydrogen-bond acceptors (Lipinski definition) is 9.